The van der Waals surface area contributed by atoms with Crippen LogP contribution in [0.25, 0.3) is 0 Å². The lowest BCUT2D eigenvalue weighted by molar-refractivity contribution is -0.139. The van der Waals surface area contributed by atoms with Gasteiger partial charge in [-0.25, -0.2) is 13.8 Å². The molecule has 0 bridgehead atoms. The van der Waals surface area contributed by atoms with Gasteiger partial charge in [0, 0.05) is 0 Å². The van der Waals surface area contributed by atoms with Gasteiger partial charge >= 0.3 is 6.18 Å². The Kier molecular flexibility index (Phi) is 4.19. The largest absolute Gasteiger partial charge is 0.421 e. The molecule has 0 fully saturated rings. The molecular weight excluding hydrogens is 329 g/mol. The Balaban J connectivity index is 2.52. The van der Waals surface area contributed by atoms with Crippen molar-refractivity contribution in [1.82, 2.24) is 4.98 Å². The summed E-state index contributed by atoms with van der Waals surface area (Å²) in [6.07, 6.45) is -4.99. The molecule has 3 nitrogen and oxygen atoms in total. The van der Waals surface area contributed by atoms with Crippen LogP contribution in [0.5, 0.6) is 0 Å². The van der Waals surface area contributed by atoms with Crippen molar-refractivity contribution in [3.05, 3.63) is 52.2 Å². The van der Waals surface area contributed by atoms with E-state index in [1.54, 1.807) is 6.07 Å². The SMILES string of the molecule is N#Cc1cc(F)c(Nc2cccc(F)c2C(F)(F)F)nc1Cl. The number of aromatic nitrogens is 1. The van der Waals surface area contributed by atoms with Crippen LogP contribution in [0.2, 0.25) is 5.15 Å². The van der Waals surface area contributed by atoms with Crippen LogP contribution in [0.3, 0.4) is 0 Å². The Morgan fingerprint density at radius 3 is 2.45 bits per heavy atom. The smallest absolute Gasteiger partial charge is 0.337 e. The molecule has 0 saturated heterocycles. The molecule has 1 N–H and O–H groups in total. The zero-order valence-electron chi connectivity index (χ0n) is 10.5. The van der Waals surface area contributed by atoms with E-state index < -0.39 is 40.0 Å². The highest BCUT2D eigenvalue weighted by molar-refractivity contribution is 6.30. The van der Waals surface area contributed by atoms with Gasteiger partial charge in [-0.3, -0.25) is 0 Å². The first-order valence-electron chi connectivity index (χ1n) is 5.63. The third-order valence-corrected chi connectivity index (χ3v) is 2.89. The Morgan fingerprint density at radius 1 is 1.18 bits per heavy atom. The number of hydrogen-bond acceptors (Lipinski definition) is 3. The molecule has 0 unspecified atom stereocenters. The monoisotopic (exact) mass is 333 g/mol. The predicted octanol–water partition coefficient (Wildman–Crippen LogP) is 4.65. The van der Waals surface area contributed by atoms with Gasteiger partial charge in [0.05, 0.1) is 11.3 Å². The van der Waals surface area contributed by atoms with Gasteiger partial charge in [-0.1, -0.05) is 17.7 Å². The van der Waals surface area contributed by atoms with E-state index in [2.05, 4.69) is 4.98 Å². The van der Waals surface area contributed by atoms with E-state index >= 15 is 0 Å². The fourth-order valence-corrected chi connectivity index (χ4v) is 1.86. The number of hydrogen-bond donors (Lipinski definition) is 1. The number of nitrogens with zero attached hydrogens (tertiary/aromatic N) is 2. The molecule has 0 atom stereocenters. The number of nitriles is 1. The van der Waals surface area contributed by atoms with E-state index in [4.69, 9.17) is 16.9 Å². The van der Waals surface area contributed by atoms with Crippen LogP contribution in [0.15, 0.2) is 24.3 Å². The van der Waals surface area contributed by atoms with Crippen molar-refractivity contribution in [2.24, 2.45) is 0 Å². The average Bonchev–Trinajstić information content (AvgIpc) is 2.41. The second-order valence-corrected chi connectivity index (χ2v) is 4.41. The van der Waals surface area contributed by atoms with Gasteiger partial charge in [-0.05, 0) is 18.2 Å². The van der Waals surface area contributed by atoms with Gasteiger partial charge < -0.3 is 5.32 Å². The third-order valence-electron chi connectivity index (χ3n) is 2.60. The minimum atomic E-state index is -4.99. The maximum Gasteiger partial charge on any atom is 0.421 e. The number of anilines is 2. The number of pyridine rings is 1. The molecule has 0 spiro atoms. The number of halogens is 6. The van der Waals surface area contributed by atoms with Crippen molar-refractivity contribution < 1.29 is 22.0 Å². The zero-order chi connectivity index (χ0) is 16.5. The number of alkyl halides is 3. The van der Waals surface area contributed by atoms with E-state index in [9.17, 15) is 22.0 Å². The van der Waals surface area contributed by atoms with Crippen molar-refractivity contribution in [3.8, 4) is 6.07 Å². The first-order chi connectivity index (χ1) is 10.2. The molecule has 0 aliphatic rings. The summed E-state index contributed by atoms with van der Waals surface area (Å²) in [6.45, 7) is 0. The number of rotatable bonds is 2. The standard InChI is InChI=1S/C13H5ClF5N3/c14-11-6(5-20)4-8(16)12(22-11)21-9-3-1-2-7(15)10(9)13(17,18)19/h1-4H,(H,21,22). The Hall–Kier alpha value is -2.40. The van der Waals surface area contributed by atoms with Crippen LogP contribution in [-0.2, 0) is 6.18 Å². The van der Waals surface area contributed by atoms with Crippen molar-refractivity contribution in [3.63, 3.8) is 0 Å². The van der Waals surface area contributed by atoms with Crippen LogP contribution in [0.1, 0.15) is 11.1 Å². The maximum absolute atomic E-state index is 13.7. The van der Waals surface area contributed by atoms with E-state index in [1.807, 2.05) is 5.32 Å². The normalized spacial score (nSPS) is 11.1. The minimum absolute atomic E-state index is 0.278. The van der Waals surface area contributed by atoms with Crippen LogP contribution in [0, 0.1) is 23.0 Å². The molecule has 2 rings (SSSR count). The van der Waals surface area contributed by atoms with Crippen LogP contribution in [-0.4, -0.2) is 4.98 Å². The maximum atomic E-state index is 13.7. The molecule has 114 valence electrons. The molecule has 0 saturated carbocycles. The fourth-order valence-electron chi connectivity index (χ4n) is 1.68. The highest BCUT2D eigenvalue weighted by Gasteiger charge is 2.37. The Bertz CT molecular complexity index is 767. The molecule has 0 amide bonds. The van der Waals surface area contributed by atoms with Crippen LogP contribution in [0.4, 0.5) is 33.5 Å². The fraction of sp³-hybridized carbons (Fsp3) is 0.0769. The Morgan fingerprint density at radius 2 is 1.86 bits per heavy atom. The first-order valence-corrected chi connectivity index (χ1v) is 6.00. The lowest BCUT2D eigenvalue weighted by Gasteiger charge is -2.15. The predicted molar refractivity (Wildman–Crippen MR) is 68.6 cm³/mol. The van der Waals surface area contributed by atoms with E-state index in [0.29, 0.717) is 12.1 Å². The summed E-state index contributed by atoms with van der Waals surface area (Å²) in [5, 5.41) is 10.3. The zero-order valence-corrected chi connectivity index (χ0v) is 11.2. The molecular formula is C13H5ClF5N3. The lowest BCUT2D eigenvalue weighted by Crippen LogP contribution is -2.12. The summed E-state index contributed by atoms with van der Waals surface area (Å²) in [4.78, 5) is 3.46. The number of nitrogens with one attached hydrogen (secondary N) is 1. The highest BCUT2D eigenvalue weighted by atomic mass is 35.5. The molecule has 0 aliphatic carbocycles. The van der Waals surface area contributed by atoms with Gasteiger partial charge in [0.15, 0.2) is 11.6 Å². The van der Waals surface area contributed by atoms with Crippen molar-refractivity contribution in [1.29, 1.82) is 5.26 Å². The lowest BCUT2D eigenvalue weighted by atomic mass is 10.1. The molecule has 0 aliphatic heterocycles. The molecule has 2 aromatic rings. The molecule has 22 heavy (non-hydrogen) atoms. The van der Waals surface area contributed by atoms with Crippen molar-refractivity contribution >= 4 is 23.1 Å². The van der Waals surface area contributed by atoms with Gasteiger partial charge in [0.25, 0.3) is 0 Å². The summed E-state index contributed by atoms with van der Waals surface area (Å²) < 4.78 is 65.7. The minimum Gasteiger partial charge on any atom is -0.337 e. The van der Waals surface area contributed by atoms with E-state index in [0.717, 1.165) is 12.1 Å². The van der Waals surface area contributed by atoms with Gasteiger partial charge in [-0.15, -0.1) is 0 Å². The van der Waals surface area contributed by atoms with Crippen LogP contribution < -0.4 is 5.32 Å². The second kappa shape index (κ2) is 5.77. The molecule has 1 aromatic carbocycles. The van der Waals surface area contributed by atoms with E-state index in [1.165, 1.54) is 0 Å². The third kappa shape index (κ3) is 3.09. The molecule has 9 heteroatoms. The van der Waals surface area contributed by atoms with Gasteiger partial charge in [-0.2, -0.15) is 18.4 Å². The molecule has 0 radical (unpaired) electrons. The van der Waals surface area contributed by atoms with Crippen LogP contribution >= 0.6 is 11.6 Å². The first kappa shape index (κ1) is 16.0. The van der Waals surface area contributed by atoms with Crippen molar-refractivity contribution in [2.45, 2.75) is 6.18 Å². The average molecular weight is 334 g/mol. The summed E-state index contributed by atoms with van der Waals surface area (Å²) >= 11 is 5.59. The van der Waals surface area contributed by atoms with Crippen molar-refractivity contribution in [2.75, 3.05) is 5.32 Å². The topological polar surface area (TPSA) is 48.7 Å². The number of benzene rings is 1. The summed E-state index contributed by atoms with van der Waals surface area (Å²) in [5.41, 5.74) is -2.59. The Labute approximate surface area is 126 Å². The summed E-state index contributed by atoms with van der Waals surface area (Å²) in [5.74, 6) is -3.27. The molecule has 1 aromatic heterocycles. The quantitative estimate of drug-likeness (QED) is 0.643. The van der Waals surface area contributed by atoms with E-state index in [-0.39, 0.29) is 5.56 Å². The summed E-state index contributed by atoms with van der Waals surface area (Å²) in [7, 11) is 0. The highest BCUT2D eigenvalue weighted by Crippen LogP contribution is 2.38. The molecule has 1 heterocycles. The van der Waals surface area contributed by atoms with Gasteiger partial charge in [0.2, 0.25) is 0 Å². The second-order valence-electron chi connectivity index (χ2n) is 4.05. The summed E-state index contributed by atoms with van der Waals surface area (Å²) in [6, 6.07) is 4.85. The van der Waals surface area contributed by atoms with Gasteiger partial charge in [0.1, 0.15) is 22.6 Å².